The molecule has 1 amide bonds. The van der Waals surface area contributed by atoms with Crippen LogP contribution in [0.25, 0.3) is 0 Å². The first-order chi connectivity index (χ1) is 21.9. The number of hydrogen-bond donors (Lipinski definition) is 3. The molecule has 2 fully saturated rings. The van der Waals surface area contributed by atoms with Gasteiger partial charge in [-0.25, -0.2) is 0 Å². The third-order valence-corrected chi connectivity index (χ3v) is 10.1. The van der Waals surface area contributed by atoms with Gasteiger partial charge in [-0.3, -0.25) is 9.59 Å². The first-order valence-corrected chi connectivity index (χ1v) is 16.6. The zero-order valence-corrected chi connectivity index (χ0v) is 26.1. The van der Waals surface area contributed by atoms with E-state index in [2.05, 4.69) is 35.8 Å². The van der Waals surface area contributed by atoms with Crippen molar-refractivity contribution in [3.63, 3.8) is 0 Å². The lowest BCUT2D eigenvalue weighted by Crippen LogP contribution is -2.50. The van der Waals surface area contributed by atoms with Crippen molar-refractivity contribution < 1.29 is 14.6 Å². The second kappa shape index (κ2) is 13.6. The van der Waals surface area contributed by atoms with Gasteiger partial charge in [0.2, 0.25) is 0 Å². The van der Waals surface area contributed by atoms with Crippen LogP contribution in [0.1, 0.15) is 109 Å². The first kappa shape index (κ1) is 31.1. The number of aromatic nitrogens is 1. The molecule has 2 saturated carbocycles. The van der Waals surface area contributed by atoms with Gasteiger partial charge < -0.3 is 25.0 Å². The molecule has 3 aromatic rings. The number of hydrogen-bond acceptors (Lipinski definition) is 6. The molecular formula is C37H44N4O4. The molecule has 3 atom stereocenters. The lowest BCUT2D eigenvalue weighted by Gasteiger charge is -2.41. The van der Waals surface area contributed by atoms with E-state index in [0.29, 0.717) is 6.42 Å². The van der Waals surface area contributed by atoms with E-state index in [1.54, 1.807) is 10.8 Å². The van der Waals surface area contributed by atoms with Crippen LogP contribution in [-0.2, 0) is 12.8 Å². The third kappa shape index (κ3) is 6.85. The number of amides is 1. The lowest BCUT2D eigenvalue weighted by atomic mass is 9.85. The molecule has 8 nitrogen and oxygen atoms in total. The van der Waals surface area contributed by atoms with Crippen molar-refractivity contribution in [2.45, 2.75) is 107 Å². The van der Waals surface area contributed by atoms with E-state index in [-0.39, 0.29) is 40.9 Å². The zero-order valence-electron chi connectivity index (χ0n) is 26.1. The van der Waals surface area contributed by atoms with Crippen molar-refractivity contribution in [2.24, 2.45) is 0 Å². The minimum Gasteiger partial charge on any atom is -0.487 e. The van der Waals surface area contributed by atoms with Crippen LogP contribution in [0.5, 0.6) is 5.75 Å². The number of rotatable bonds is 10. The Morgan fingerprint density at radius 2 is 1.84 bits per heavy atom. The summed E-state index contributed by atoms with van der Waals surface area (Å²) in [6.45, 7) is 2.42. The maximum absolute atomic E-state index is 13.7. The van der Waals surface area contributed by atoms with Crippen LogP contribution >= 0.6 is 0 Å². The van der Waals surface area contributed by atoms with E-state index < -0.39 is 18.1 Å². The Labute approximate surface area is 265 Å². The molecule has 236 valence electrons. The molecule has 0 radical (unpaired) electrons. The first-order valence-electron chi connectivity index (χ1n) is 16.6. The predicted octanol–water partition coefficient (Wildman–Crippen LogP) is 5.53. The number of pyridine rings is 1. The summed E-state index contributed by atoms with van der Waals surface area (Å²) in [4.78, 5) is 26.7. The summed E-state index contributed by atoms with van der Waals surface area (Å²) >= 11 is 0. The van der Waals surface area contributed by atoms with Gasteiger partial charge in [0.1, 0.15) is 23.0 Å². The molecule has 8 heteroatoms. The molecule has 3 N–H and O–H groups in total. The van der Waals surface area contributed by atoms with Gasteiger partial charge in [-0.15, -0.1) is 0 Å². The fourth-order valence-electron chi connectivity index (χ4n) is 7.52. The zero-order chi connectivity index (χ0) is 31.4. The van der Waals surface area contributed by atoms with Crippen LogP contribution in [0.4, 0.5) is 0 Å². The van der Waals surface area contributed by atoms with Gasteiger partial charge in [0, 0.05) is 36.8 Å². The van der Waals surface area contributed by atoms with E-state index in [1.807, 2.05) is 36.4 Å². The normalized spacial score (nSPS) is 20.2. The van der Waals surface area contributed by atoms with Gasteiger partial charge in [0.25, 0.3) is 11.5 Å². The van der Waals surface area contributed by atoms with Crippen molar-refractivity contribution in [3.8, 4) is 11.8 Å². The van der Waals surface area contributed by atoms with Crippen LogP contribution < -0.4 is 20.9 Å². The maximum atomic E-state index is 13.7. The molecule has 0 bridgehead atoms. The number of aliphatic hydroxyl groups excluding tert-OH is 1. The second-order valence-corrected chi connectivity index (χ2v) is 13.1. The van der Waals surface area contributed by atoms with E-state index >= 15 is 0 Å². The summed E-state index contributed by atoms with van der Waals surface area (Å²) in [7, 11) is 0. The molecule has 45 heavy (non-hydrogen) atoms. The quantitative estimate of drug-likeness (QED) is 0.279. The van der Waals surface area contributed by atoms with Gasteiger partial charge in [0.15, 0.2) is 0 Å². The molecule has 6 rings (SSSR count). The fraction of sp³-hybridized carbons (Fsp3) is 0.486. The van der Waals surface area contributed by atoms with E-state index in [1.165, 1.54) is 11.6 Å². The highest BCUT2D eigenvalue weighted by molar-refractivity contribution is 5.94. The average Bonchev–Trinajstić information content (AvgIpc) is 3.76. The summed E-state index contributed by atoms with van der Waals surface area (Å²) in [6.07, 6.45) is 11.0. The number of aryl methyl sites for hydroxylation is 1. The Morgan fingerprint density at radius 3 is 2.56 bits per heavy atom. The van der Waals surface area contributed by atoms with Gasteiger partial charge in [-0.1, -0.05) is 62.2 Å². The highest BCUT2D eigenvalue weighted by Gasteiger charge is 2.43. The summed E-state index contributed by atoms with van der Waals surface area (Å²) in [5.41, 5.74) is 3.05. The fourth-order valence-corrected chi connectivity index (χ4v) is 7.52. The second-order valence-electron chi connectivity index (χ2n) is 13.1. The van der Waals surface area contributed by atoms with Crippen molar-refractivity contribution >= 4 is 5.91 Å². The molecule has 2 aliphatic carbocycles. The molecule has 3 aliphatic rings. The Balaban J connectivity index is 1.23. The van der Waals surface area contributed by atoms with Crippen molar-refractivity contribution in [1.29, 1.82) is 5.26 Å². The number of carbonyl (C=O) groups is 1. The minimum absolute atomic E-state index is 0.00834. The van der Waals surface area contributed by atoms with Gasteiger partial charge in [-0.05, 0) is 74.6 Å². The van der Waals surface area contributed by atoms with Gasteiger partial charge >= 0.3 is 0 Å². The molecule has 2 heterocycles. The van der Waals surface area contributed by atoms with Crippen LogP contribution in [0, 0.1) is 11.3 Å². The molecule has 1 aromatic heterocycles. The predicted molar refractivity (Wildman–Crippen MR) is 173 cm³/mol. The van der Waals surface area contributed by atoms with Gasteiger partial charge in [-0.2, -0.15) is 5.26 Å². The van der Waals surface area contributed by atoms with Crippen LogP contribution in [0.15, 0.2) is 65.6 Å². The standard InChI is InChI=1S/C37H44N4O4/c1-2-25-14-15-34-30(18-25)32(21-37(45-34)16-8-9-17-37)39-23-33(42)31(19-26-10-4-3-5-11-26)40-35(43)28-20-27(22-38)36(44)41(24-28)29-12-6-7-13-29/h3-5,10-11,14-15,18,20,24,29,31-33,39,42H,2,6-9,12-13,16-17,19,21,23H2,1H3,(H,40,43)/t31-,32?,33+/m0/s1. The summed E-state index contributed by atoms with van der Waals surface area (Å²) < 4.78 is 8.18. The molecule has 1 spiro atoms. The SMILES string of the molecule is CCc1ccc2c(c1)C(NC[C@@H](O)[C@H](Cc1ccccc1)NC(=O)c1cc(C#N)c(=O)n(C3CCCC3)c1)CC1(CCCC1)O2. The van der Waals surface area contributed by atoms with Gasteiger partial charge in [0.05, 0.1) is 17.7 Å². The van der Waals surface area contributed by atoms with Crippen LogP contribution in [0.2, 0.25) is 0 Å². The molecule has 1 unspecified atom stereocenters. The molecular weight excluding hydrogens is 564 g/mol. The third-order valence-electron chi connectivity index (χ3n) is 10.1. The smallest absolute Gasteiger partial charge is 0.268 e. The average molecular weight is 609 g/mol. The Morgan fingerprint density at radius 1 is 1.09 bits per heavy atom. The number of nitrogens with one attached hydrogen (secondary N) is 2. The van der Waals surface area contributed by atoms with E-state index in [0.717, 1.165) is 81.1 Å². The number of nitrogens with zero attached hydrogens (tertiary/aromatic N) is 2. The maximum Gasteiger partial charge on any atom is 0.268 e. The minimum atomic E-state index is -0.898. The Bertz CT molecular complexity index is 1600. The highest BCUT2D eigenvalue weighted by atomic mass is 16.5. The lowest BCUT2D eigenvalue weighted by molar-refractivity contribution is 0.0326. The van der Waals surface area contributed by atoms with E-state index in [4.69, 9.17) is 4.74 Å². The number of benzene rings is 2. The molecule has 2 aromatic carbocycles. The molecule has 0 saturated heterocycles. The van der Waals surface area contributed by atoms with Crippen molar-refractivity contribution in [3.05, 3.63) is 99.0 Å². The highest BCUT2D eigenvalue weighted by Crippen LogP contribution is 2.47. The largest absolute Gasteiger partial charge is 0.487 e. The van der Waals surface area contributed by atoms with Crippen molar-refractivity contribution in [2.75, 3.05) is 6.54 Å². The monoisotopic (exact) mass is 608 g/mol. The topological polar surface area (TPSA) is 116 Å². The summed E-state index contributed by atoms with van der Waals surface area (Å²) in [5.74, 6) is 0.513. The summed E-state index contributed by atoms with van der Waals surface area (Å²) in [5, 5.41) is 28.1. The number of aliphatic hydroxyl groups is 1. The Kier molecular flexibility index (Phi) is 9.39. The number of carbonyl (C=O) groups excluding carboxylic acids is 1. The van der Waals surface area contributed by atoms with Crippen LogP contribution in [-0.4, -0.2) is 39.9 Å². The molecule has 1 aliphatic heterocycles. The van der Waals surface area contributed by atoms with Crippen molar-refractivity contribution in [1.82, 2.24) is 15.2 Å². The Hall–Kier alpha value is -3.93. The van der Waals surface area contributed by atoms with E-state index in [9.17, 15) is 20.0 Å². The van der Waals surface area contributed by atoms with Crippen LogP contribution in [0.3, 0.4) is 0 Å². The number of ether oxygens (including phenoxy) is 1. The number of nitriles is 1. The number of fused-ring (bicyclic) bond motifs is 1. The summed E-state index contributed by atoms with van der Waals surface area (Å²) in [6, 6.07) is 19.0.